The third-order valence-corrected chi connectivity index (χ3v) is 3.60. The summed E-state index contributed by atoms with van der Waals surface area (Å²) in [5.41, 5.74) is 0.644. The minimum absolute atomic E-state index is 0.0304. The lowest BCUT2D eigenvalue weighted by molar-refractivity contribution is -0.145. The topological polar surface area (TPSA) is 57.5 Å². The number of hydrogen-bond acceptors (Lipinski definition) is 2. The van der Waals surface area contributed by atoms with Crippen LogP contribution in [-0.2, 0) is 11.2 Å². The average molecular weight is 324 g/mol. The summed E-state index contributed by atoms with van der Waals surface area (Å²) < 4.78 is 37.9. The molecule has 0 saturated heterocycles. The first kappa shape index (κ1) is 17.0. The highest BCUT2D eigenvalue weighted by Crippen LogP contribution is 2.27. The van der Waals surface area contributed by atoms with Crippen LogP contribution in [0.1, 0.15) is 29.2 Å². The zero-order valence-electron chi connectivity index (χ0n) is 12.0. The summed E-state index contributed by atoms with van der Waals surface area (Å²) in [6.07, 6.45) is -3.95. The van der Waals surface area contributed by atoms with Crippen LogP contribution in [0.25, 0.3) is 0 Å². The molecule has 2 aromatic carbocycles. The van der Waals surface area contributed by atoms with Crippen molar-refractivity contribution in [3.8, 4) is 0 Å². The van der Waals surface area contributed by atoms with Gasteiger partial charge in [0.1, 0.15) is 5.82 Å². The summed E-state index contributed by atoms with van der Waals surface area (Å²) in [6, 6.07) is 10.2. The SMILES string of the molecule is O=C(O)C(Cc1ccc(C(F)F)cc1)C(O)c1ccc(F)cc1. The van der Waals surface area contributed by atoms with Gasteiger partial charge in [0.25, 0.3) is 6.43 Å². The zero-order valence-corrected chi connectivity index (χ0v) is 12.0. The van der Waals surface area contributed by atoms with Crippen LogP contribution in [0.15, 0.2) is 48.5 Å². The van der Waals surface area contributed by atoms with Gasteiger partial charge in [-0.3, -0.25) is 4.79 Å². The van der Waals surface area contributed by atoms with Gasteiger partial charge >= 0.3 is 5.97 Å². The highest BCUT2D eigenvalue weighted by Gasteiger charge is 2.28. The lowest BCUT2D eigenvalue weighted by atomic mass is 9.89. The van der Waals surface area contributed by atoms with Gasteiger partial charge in [-0.15, -0.1) is 0 Å². The number of rotatable bonds is 6. The van der Waals surface area contributed by atoms with Gasteiger partial charge in [-0.05, 0) is 29.7 Å². The van der Waals surface area contributed by atoms with Gasteiger partial charge < -0.3 is 10.2 Å². The quantitative estimate of drug-likeness (QED) is 0.851. The van der Waals surface area contributed by atoms with Crippen molar-refractivity contribution in [2.45, 2.75) is 19.0 Å². The largest absolute Gasteiger partial charge is 0.481 e. The van der Waals surface area contributed by atoms with E-state index < -0.39 is 30.2 Å². The predicted molar refractivity (Wildman–Crippen MR) is 77.6 cm³/mol. The molecule has 23 heavy (non-hydrogen) atoms. The molecule has 2 atom stereocenters. The van der Waals surface area contributed by atoms with Gasteiger partial charge in [0, 0.05) is 5.56 Å². The van der Waals surface area contributed by atoms with Crippen LogP contribution in [0.3, 0.4) is 0 Å². The Morgan fingerprint density at radius 1 is 0.957 bits per heavy atom. The van der Waals surface area contributed by atoms with E-state index in [-0.39, 0.29) is 17.5 Å². The molecule has 0 spiro atoms. The lowest BCUT2D eigenvalue weighted by Gasteiger charge is -2.20. The van der Waals surface area contributed by atoms with E-state index in [9.17, 15) is 28.2 Å². The van der Waals surface area contributed by atoms with Gasteiger partial charge in [0.15, 0.2) is 0 Å². The molecule has 3 nitrogen and oxygen atoms in total. The van der Waals surface area contributed by atoms with Crippen LogP contribution in [0.4, 0.5) is 13.2 Å². The Hall–Kier alpha value is -2.34. The Balaban J connectivity index is 2.18. The number of benzene rings is 2. The fourth-order valence-electron chi connectivity index (χ4n) is 2.28. The van der Waals surface area contributed by atoms with Gasteiger partial charge in [0.2, 0.25) is 0 Å². The molecular formula is C17H15F3O3. The van der Waals surface area contributed by atoms with E-state index in [0.29, 0.717) is 5.56 Å². The van der Waals surface area contributed by atoms with Crippen LogP contribution < -0.4 is 0 Å². The second-order valence-corrected chi connectivity index (χ2v) is 5.19. The number of hydrogen-bond donors (Lipinski definition) is 2. The fraction of sp³-hybridized carbons (Fsp3) is 0.235. The van der Waals surface area contributed by atoms with E-state index in [1.165, 1.54) is 36.4 Å². The number of aliphatic hydroxyl groups is 1. The van der Waals surface area contributed by atoms with E-state index >= 15 is 0 Å². The Morgan fingerprint density at radius 2 is 1.48 bits per heavy atom. The molecule has 122 valence electrons. The molecule has 0 bridgehead atoms. The molecule has 6 heteroatoms. The molecule has 2 N–H and O–H groups in total. The van der Waals surface area contributed by atoms with Crippen molar-refractivity contribution in [3.63, 3.8) is 0 Å². The minimum Gasteiger partial charge on any atom is -0.481 e. The van der Waals surface area contributed by atoms with E-state index in [2.05, 4.69) is 0 Å². The lowest BCUT2D eigenvalue weighted by Crippen LogP contribution is -2.24. The summed E-state index contributed by atoms with van der Waals surface area (Å²) in [6.45, 7) is 0. The van der Waals surface area contributed by atoms with E-state index in [1.807, 2.05) is 0 Å². The summed E-state index contributed by atoms with van der Waals surface area (Å²) in [7, 11) is 0. The molecule has 2 aromatic rings. The van der Waals surface area contributed by atoms with Crippen LogP contribution in [0, 0.1) is 11.7 Å². The van der Waals surface area contributed by atoms with Crippen molar-refractivity contribution < 1.29 is 28.2 Å². The first-order valence-electron chi connectivity index (χ1n) is 6.92. The Morgan fingerprint density at radius 3 is 1.96 bits per heavy atom. The maximum absolute atomic E-state index is 12.9. The summed E-state index contributed by atoms with van der Waals surface area (Å²) >= 11 is 0. The average Bonchev–Trinajstić information content (AvgIpc) is 2.53. The Kier molecular flexibility index (Phi) is 5.39. The molecule has 0 radical (unpaired) electrons. The Labute approximate surface area is 131 Å². The van der Waals surface area contributed by atoms with Crippen molar-refractivity contribution in [3.05, 3.63) is 71.0 Å². The Bertz CT molecular complexity index is 654. The molecule has 0 aliphatic carbocycles. The van der Waals surface area contributed by atoms with Crippen LogP contribution in [-0.4, -0.2) is 16.2 Å². The third-order valence-electron chi connectivity index (χ3n) is 3.60. The smallest absolute Gasteiger partial charge is 0.309 e. The molecule has 2 rings (SSSR count). The van der Waals surface area contributed by atoms with E-state index in [1.54, 1.807) is 0 Å². The monoisotopic (exact) mass is 324 g/mol. The van der Waals surface area contributed by atoms with E-state index in [0.717, 1.165) is 12.1 Å². The standard InChI is InChI=1S/C17H15F3O3/c18-13-7-5-11(6-8-13)15(21)14(17(22)23)9-10-1-3-12(4-2-10)16(19)20/h1-8,14-16,21H,9H2,(H,22,23). The molecule has 0 amide bonds. The van der Waals surface area contributed by atoms with Crippen molar-refractivity contribution >= 4 is 5.97 Å². The maximum Gasteiger partial charge on any atom is 0.309 e. The molecule has 0 saturated carbocycles. The number of carboxylic acid groups (broad SMARTS) is 1. The molecule has 0 aliphatic heterocycles. The first-order valence-corrected chi connectivity index (χ1v) is 6.92. The van der Waals surface area contributed by atoms with Crippen LogP contribution in [0.5, 0.6) is 0 Å². The number of aliphatic hydroxyl groups excluding tert-OH is 1. The first-order chi connectivity index (χ1) is 10.9. The van der Waals surface area contributed by atoms with Gasteiger partial charge in [-0.25, -0.2) is 13.2 Å². The summed E-state index contributed by atoms with van der Waals surface area (Å²) in [4.78, 5) is 11.4. The van der Waals surface area contributed by atoms with Crippen molar-refractivity contribution in [2.75, 3.05) is 0 Å². The molecule has 0 fully saturated rings. The number of aliphatic carboxylic acids is 1. The van der Waals surface area contributed by atoms with Gasteiger partial charge in [-0.1, -0.05) is 36.4 Å². The molecule has 0 aromatic heterocycles. The maximum atomic E-state index is 12.9. The number of alkyl halides is 2. The van der Waals surface area contributed by atoms with Crippen molar-refractivity contribution in [1.82, 2.24) is 0 Å². The van der Waals surface area contributed by atoms with Crippen LogP contribution in [0.2, 0.25) is 0 Å². The summed E-state index contributed by atoms with van der Waals surface area (Å²) in [5.74, 6) is -2.88. The van der Waals surface area contributed by atoms with Crippen molar-refractivity contribution in [2.24, 2.45) is 5.92 Å². The van der Waals surface area contributed by atoms with Crippen LogP contribution >= 0.6 is 0 Å². The van der Waals surface area contributed by atoms with Crippen molar-refractivity contribution in [1.29, 1.82) is 0 Å². The normalized spacial score (nSPS) is 13.8. The van der Waals surface area contributed by atoms with Gasteiger partial charge in [-0.2, -0.15) is 0 Å². The molecular weight excluding hydrogens is 309 g/mol. The highest BCUT2D eigenvalue weighted by atomic mass is 19.3. The summed E-state index contributed by atoms with van der Waals surface area (Å²) in [5, 5.41) is 19.5. The predicted octanol–water partition coefficient (Wildman–Crippen LogP) is 3.74. The zero-order chi connectivity index (χ0) is 17.0. The van der Waals surface area contributed by atoms with Gasteiger partial charge in [0.05, 0.1) is 12.0 Å². The number of halogens is 3. The molecule has 2 unspecified atom stereocenters. The third kappa shape index (κ3) is 4.32. The number of carboxylic acids is 1. The van der Waals surface area contributed by atoms with E-state index in [4.69, 9.17) is 0 Å². The fourth-order valence-corrected chi connectivity index (χ4v) is 2.28. The number of carbonyl (C=O) groups is 1. The molecule has 0 heterocycles. The second kappa shape index (κ2) is 7.28. The highest BCUT2D eigenvalue weighted by molar-refractivity contribution is 5.71. The second-order valence-electron chi connectivity index (χ2n) is 5.19. The minimum atomic E-state index is -2.59. The molecule has 0 aliphatic rings.